The Kier molecular flexibility index (Phi) is 3.42. The minimum Gasteiger partial charge on any atom is -0.485 e. The van der Waals surface area contributed by atoms with Crippen molar-refractivity contribution < 1.29 is 17.9 Å². The molecule has 0 heterocycles. The van der Waals surface area contributed by atoms with E-state index < -0.39 is 18.8 Å². The molecule has 13 heavy (non-hydrogen) atoms. The van der Waals surface area contributed by atoms with Gasteiger partial charge in [-0.3, -0.25) is 0 Å². The molecule has 1 nitrogen and oxygen atoms in total. The monoisotopic (exact) mass is 210 g/mol. The molecule has 0 aliphatic rings. The van der Waals surface area contributed by atoms with E-state index in [4.69, 9.17) is 11.6 Å². The van der Waals surface area contributed by atoms with Gasteiger partial charge in [-0.2, -0.15) is 0 Å². The molecule has 0 N–H and O–H groups in total. The molecule has 0 aliphatic heterocycles. The van der Waals surface area contributed by atoms with Gasteiger partial charge in [-0.05, 0) is 12.1 Å². The van der Waals surface area contributed by atoms with E-state index in [1.807, 2.05) is 0 Å². The average Bonchev–Trinajstić information content (AvgIpc) is 2.07. The van der Waals surface area contributed by atoms with Crippen molar-refractivity contribution in [3.8, 4) is 5.75 Å². The van der Waals surface area contributed by atoms with Crippen LogP contribution in [0.1, 0.15) is 0 Å². The molecule has 72 valence electrons. The number of ether oxygens (including phenoxy) is 1. The van der Waals surface area contributed by atoms with Gasteiger partial charge in [-0.25, -0.2) is 13.2 Å². The first kappa shape index (κ1) is 10.2. The fraction of sp³-hybridized carbons (Fsp3) is 0.250. The van der Waals surface area contributed by atoms with Crippen molar-refractivity contribution in [2.45, 2.75) is 6.43 Å². The predicted octanol–water partition coefficient (Wildman–Crippen LogP) is 3.12. The Morgan fingerprint density at radius 2 is 2.08 bits per heavy atom. The van der Waals surface area contributed by atoms with Gasteiger partial charge in [0.1, 0.15) is 6.61 Å². The number of hydrogen-bond donors (Lipinski definition) is 0. The van der Waals surface area contributed by atoms with Crippen LogP contribution < -0.4 is 4.74 Å². The summed E-state index contributed by atoms with van der Waals surface area (Å²) in [5.74, 6) is -1.07. The second kappa shape index (κ2) is 4.37. The van der Waals surface area contributed by atoms with Crippen molar-refractivity contribution >= 4 is 11.6 Å². The third-order valence-corrected chi connectivity index (χ3v) is 1.57. The highest BCUT2D eigenvalue weighted by atomic mass is 35.5. The van der Waals surface area contributed by atoms with E-state index in [0.717, 1.165) is 0 Å². The van der Waals surface area contributed by atoms with Crippen molar-refractivity contribution in [3.63, 3.8) is 0 Å². The van der Waals surface area contributed by atoms with E-state index in [1.54, 1.807) is 0 Å². The first-order chi connectivity index (χ1) is 6.11. The molecule has 0 saturated carbocycles. The topological polar surface area (TPSA) is 9.23 Å². The summed E-state index contributed by atoms with van der Waals surface area (Å²) >= 11 is 5.39. The molecule has 5 heteroatoms. The summed E-state index contributed by atoms with van der Waals surface area (Å²) in [4.78, 5) is 0. The molecule has 0 radical (unpaired) electrons. The van der Waals surface area contributed by atoms with Crippen molar-refractivity contribution in [3.05, 3.63) is 29.0 Å². The number of halogens is 4. The highest BCUT2D eigenvalue weighted by molar-refractivity contribution is 6.30. The minimum atomic E-state index is -2.63. The van der Waals surface area contributed by atoms with Gasteiger partial charge in [0.2, 0.25) is 0 Å². The Morgan fingerprint density at radius 1 is 1.38 bits per heavy atom. The Morgan fingerprint density at radius 3 is 2.69 bits per heavy atom. The van der Waals surface area contributed by atoms with Crippen LogP contribution in [0.3, 0.4) is 0 Å². The maximum absolute atomic E-state index is 13.0. The van der Waals surface area contributed by atoms with Crippen molar-refractivity contribution in [1.82, 2.24) is 0 Å². The zero-order valence-corrected chi connectivity index (χ0v) is 7.19. The van der Waals surface area contributed by atoms with Crippen LogP contribution in [0, 0.1) is 5.82 Å². The van der Waals surface area contributed by atoms with Gasteiger partial charge in [0, 0.05) is 0 Å². The number of benzene rings is 1. The van der Waals surface area contributed by atoms with E-state index >= 15 is 0 Å². The normalized spacial score (nSPS) is 10.5. The SMILES string of the molecule is Fc1c(Cl)cccc1OCC(F)F. The Bertz CT molecular complexity index is 291. The fourth-order valence-electron chi connectivity index (χ4n) is 0.748. The van der Waals surface area contributed by atoms with Crippen molar-refractivity contribution in [1.29, 1.82) is 0 Å². The molecule has 0 aliphatic carbocycles. The number of alkyl halides is 2. The summed E-state index contributed by atoms with van der Waals surface area (Å²) < 4.78 is 40.8. The molecule has 1 aromatic carbocycles. The summed E-state index contributed by atoms with van der Waals surface area (Å²) in [6.07, 6.45) is -2.63. The maximum Gasteiger partial charge on any atom is 0.272 e. The Hall–Kier alpha value is -0.900. The van der Waals surface area contributed by atoms with E-state index in [0.29, 0.717) is 0 Å². The molecular formula is C8H6ClF3O. The van der Waals surface area contributed by atoms with Crippen molar-refractivity contribution in [2.24, 2.45) is 0 Å². The predicted molar refractivity (Wildman–Crippen MR) is 42.9 cm³/mol. The molecule has 0 spiro atoms. The lowest BCUT2D eigenvalue weighted by molar-refractivity contribution is 0.0799. The number of rotatable bonds is 3. The molecule has 0 amide bonds. The van der Waals surface area contributed by atoms with Crippen LogP contribution in [0.5, 0.6) is 5.75 Å². The van der Waals surface area contributed by atoms with Crippen LogP contribution in [0.25, 0.3) is 0 Å². The van der Waals surface area contributed by atoms with Crippen LogP contribution in [0.2, 0.25) is 5.02 Å². The van der Waals surface area contributed by atoms with Crippen LogP contribution in [-0.2, 0) is 0 Å². The van der Waals surface area contributed by atoms with Gasteiger partial charge in [0.05, 0.1) is 5.02 Å². The molecule has 1 aromatic rings. The highest BCUT2D eigenvalue weighted by Gasteiger charge is 2.09. The van der Waals surface area contributed by atoms with Crippen LogP contribution >= 0.6 is 11.6 Å². The lowest BCUT2D eigenvalue weighted by Crippen LogP contribution is -2.07. The first-order valence-corrected chi connectivity index (χ1v) is 3.84. The second-order valence-corrected chi connectivity index (χ2v) is 2.66. The molecule has 0 aromatic heterocycles. The van der Waals surface area contributed by atoms with Crippen LogP contribution in [0.15, 0.2) is 18.2 Å². The Balaban J connectivity index is 2.71. The lowest BCUT2D eigenvalue weighted by atomic mass is 10.3. The molecule has 0 atom stereocenters. The first-order valence-electron chi connectivity index (χ1n) is 3.46. The average molecular weight is 211 g/mol. The van der Waals surface area contributed by atoms with Gasteiger partial charge in [-0.15, -0.1) is 0 Å². The van der Waals surface area contributed by atoms with Gasteiger partial charge in [-0.1, -0.05) is 17.7 Å². The van der Waals surface area contributed by atoms with Gasteiger partial charge >= 0.3 is 0 Å². The van der Waals surface area contributed by atoms with E-state index in [9.17, 15) is 13.2 Å². The van der Waals surface area contributed by atoms with Crippen LogP contribution in [-0.4, -0.2) is 13.0 Å². The molecule has 0 bridgehead atoms. The van der Waals surface area contributed by atoms with Crippen LogP contribution in [0.4, 0.5) is 13.2 Å². The van der Waals surface area contributed by atoms with Crippen molar-refractivity contribution in [2.75, 3.05) is 6.61 Å². The summed E-state index contributed by atoms with van der Waals surface area (Å²) in [6.45, 7) is -0.836. The third kappa shape index (κ3) is 2.81. The number of hydrogen-bond acceptors (Lipinski definition) is 1. The summed E-state index contributed by atoms with van der Waals surface area (Å²) in [5.41, 5.74) is 0. The standard InChI is InChI=1S/C8H6ClF3O/c9-5-2-1-3-6(8(5)12)13-4-7(10)11/h1-3,7H,4H2. The summed E-state index contributed by atoms with van der Waals surface area (Å²) in [5, 5.41) is -0.147. The lowest BCUT2D eigenvalue weighted by Gasteiger charge is -2.06. The molecular weight excluding hydrogens is 205 g/mol. The second-order valence-electron chi connectivity index (χ2n) is 2.25. The van der Waals surface area contributed by atoms with Gasteiger partial charge < -0.3 is 4.74 Å². The van der Waals surface area contributed by atoms with E-state index in [2.05, 4.69) is 4.74 Å². The maximum atomic E-state index is 13.0. The molecule has 0 fully saturated rings. The molecule has 0 unspecified atom stereocenters. The minimum absolute atomic E-state index is 0.147. The quantitative estimate of drug-likeness (QED) is 0.745. The van der Waals surface area contributed by atoms with Gasteiger partial charge in [0.15, 0.2) is 11.6 Å². The van der Waals surface area contributed by atoms with Gasteiger partial charge in [0.25, 0.3) is 6.43 Å². The van der Waals surface area contributed by atoms with E-state index in [-0.39, 0.29) is 10.8 Å². The van der Waals surface area contributed by atoms with E-state index in [1.165, 1.54) is 18.2 Å². The largest absolute Gasteiger partial charge is 0.485 e. The highest BCUT2D eigenvalue weighted by Crippen LogP contribution is 2.24. The zero-order valence-electron chi connectivity index (χ0n) is 6.44. The summed E-state index contributed by atoms with van der Waals surface area (Å²) in [7, 11) is 0. The third-order valence-electron chi connectivity index (χ3n) is 1.28. The smallest absolute Gasteiger partial charge is 0.272 e. The Labute approximate surface area is 78.1 Å². The summed E-state index contributed by atoms with van der Waals surface area (Å²) in [6, 6.07) is 3.97. The molecule has 0 saturated heterocycles. The zero-order chi connectivity index (χ0) is 9.84. The molecule has 1 rings (SSSR count). The fourth-order valence-corrected chi connectivity index (χ4v) is 0.914.